The average Bonchev–Trinajstić information content (AvgIpc) is 3.05. The van der Waals surface area contributed by atoms with Gasteiger partial charge in [0.2, 0.25) is 0 Å². The van der Waals surface area contributed by atoms with Gasteiger partial charge in [-0.05, 0) is 103 Å². The van der Waals surface area contributed by atoms with Crippen LogP contribution in [-0.4, -0.2) is 6.67 Å². The Morgan fingerprint density at radius 1 is 0.477 bits per heavy atom. The molecule has 0 unspecified atom stereocenters. The third-order valence-corrected chi connectivity index (χ3v) is 8.49. The van der Waals surface area contributed by atoms with Crippen molar-refractivity contribution in [2.75, 3.05) is 18.1 Å². The zero-order chi connectivity index (χ0) is 31.0. The van der Waals surface area contributed by atoms with Gasteiger partial charge in [-0.25, -0.2) is 0 Å². The Morgan fingerprint density at radius 3 is 1.20 bits per heavy atom. The third kappa shape index (κ3) is 9.77. The Morgan fingerprint density at radius 2 is 0.818 bits per heavy atom. The van der Waals surface area contributed by atoms with Crippen molar-refractivity contribution in [3.8, 4) is 23.0 Å². The zero-order valence-electron chi connectivity index (χ0n) is 26.3. The first-order valence-electron chi connectivity index (χ1n) is 16.4. The van der Waals surface area contributed by atoms with E-state index in [1.165, 1.54) is 43.2 Å². The molecule has 4 aromatic rings. The van der Waals surface area contributed by atoms with Crippen molar-refractivity contribution in [3.05, 3.63) is 108 Å². The van der Waals surface area contributed by atoms with Crippen molar-refractivity contribution in [2.45, 2.75) is 89.4 Å². The van der Waals surface area contributed by atoms with Crippen LogP contribution in [0.5, 0.6) is 23.0 Å². The van der Waals surface area contributed by atoms with Crippen molar-refractivity contribution < 1.29 is 13.9 Å². The number of hydrogen-bond donors (Lipinski definition) is 2. The summed E-state index contributed by atoms with van der Waals surface area (Å²) in [5.41, 5.74) is 15.5. The lowest BCUT2D eigenvalue weighted by atomic mass is 9.68. The van der Waals surface area contributed by atoms with Crippen LogP contribution in [0.4, 0.5) is 15.8 Å². The zero-order valence-corrected chi connectivity index (χ0v) is 26.3. The van der Waals surface area contributed by atoms with Crippen LogP contribution in [0.1, 0.15) is 95.1 Å². The number of alkyl halides is 1. The van der Waals surface area contributed by atoms with Crippen molar-refractivity contribution in [1.82, 2.24) is 0 Å². The van der Waals surface area contributed by atoms with Crippen LogP contribution < -0.4 is 20.9 Å². The van der Waals surface area contributed by atoms with Crippen LogP contribution in [0.25, 0.3) is 0 Å². The fourth-order valence-electron chi connectivity index (χ4n) is 5.98. The molecule has 0 heterocycles. The first-order chi connectivity index (χ1) is 21.5. The molecule has 0 fully saturated rings. The lowest BCUT2D eigenvalue weighted by Crippen LogP contribution is -2.28. The second-order valence-corrected chi connectivity index (χ2v) is 11.8. The molecule has 0 amide bonds. The molecule has 0 radical (unpaired) electrons. The lowest BCUT2D eigenvalue weighted by molar-refractivity contribution is 0.384. The van der Waals surface area contributed by atoms with Gasteiger partial charge in [0.05, 0.1) is 6.67 Å². The van der Waals surface area contributed by atoms with Gasteiger partial charge in [0.1, 0.15) is 23.0 Å². The van der Waals surface area contributed by atoms with Crippen molar-refractivity contribution in [2.24, 2.45) is 0 Å². The Bertz CT molecular complexity index is 1260. The molecule has 0 aliphatic rings. The molecular weight excluding hydrogens is 547 g/mol. The Balaban J connectivity index is 1.62. The van der Waals surface area contributed by atoms with Gasteiger partial charge in [-0.2, -0.15) is 0 Å². The van der Waals surface area contributed by atoms with Crippen molar-refractivity contribution in [3.63, 3.8) is 0 Å². The summed E-state index contributed by atoms with van der Waals surface area (Å²) in [6.45, 7) is 2.02. The molecule has 44 heavy (non-hydrogen) atoms. The molecule has 5 heteroatoms. The third-order valence-electron chi connectivity index (χ3n) is 8.49. The van der Waals surface area contributed by atoms with Crippen molar-refractivity contribution >= 4 is 11.4 Å². The molecule has 0 aliphatic carbocycles. The van der Waals surface area contributed by atoms with E-state index in [2.05, 4.69) is 55.5 Å². The van der Waals surface area contributed by atoms with E-state index in [0.717, 1.165) is 61.5 Å². The van der Waals surface area contributed by atoms with Gasteiger partial charge in [-0.3, -0.25) is 4.39 Å². The smallest absolute Gasteiger partial charge is 0.127 e. The maximum absolute atomic E-state index is 12.9. The van der Waals surface area contributed by atoms with Gasteiger partial charge in [0.15, 0.2) is 0 Å². The van der Waals surface area contributed by atoms with E-state index in [9.17, 15) is 4.39 Å². The summed E-state index contributed by atoms with van der Waals surface area (Å²) in [5.74, 6) is 3.11. The molecule has 0 aliphatic heterocycles. The summed E-state index contributed by atoms with van der Waals surface area (Å²) >= 11 is 0. The summed E-state index contributed by atoms with van der Waals surface area (Å²) in [5, 5.41) is 0. The Kier molecular flexibility index (Phi) is 13.0. The predicted molar refractivity (Wildman–Crippen MR) is 183 cm³/mol. The first-order valence-corrected chi connectivity index (χ1v) is 16.4. The second-order valence-electron chi connectivity index (χ2n) is 11.8. The molecule has 0 spiro atoms. The molecule has 4 N–H and O–H groups in total. The van der Waals surface area contributed by atoms with Gasteiger partial charge >= 0.3 is 0 Å². The van der Waals surface area contributed by atoms with Gasteiger partial charge in [-0.1, -0.05) is 89.0 Å². The number of halogens is 1. The van der Waals surface area contributed by atoms with Gasteiger partial charge in [-0.15, -0.1) is 0 Å². The molecule has 4 aromatic carbocycles. The van der Waals surface area contributed by atoms with Crippen LogP contribution in [0.15, 0.2) is 97.1 Å². The fourth-order valence-corrected chi connectivity index (χ4v) is 5.98. The predicted octanol–water partition coefficient (Wildman–Crippen LogP) is 11.4. The summed E-state index contributed by atoms with van der Waals surface area (Å²) in [6.07, 6.45) is 13.2. The van der Waals surface area contributed by atoms with E-state index in [4.69, 9.17) is 20.9 Å². The molecule has 234 valence electrons. The Labute approximate surface area is 263 Å². The highest BCUT2D eigenvalue weighted by Gasteiger charge is 2.33. The summed E-state index contributed by atoms with van der Waals surface area (Å²) < 4.78 is 25.1. The van der Waals surface area contributed by atoms with E-state index < -0.39 is 0 Å². The number of nitrogen functional groups attached to an aromatic ring is 2. The summed E-state index contributed by atoms with van der Waals surface area (Å²) in [4.78, 5) is 0. The van der Waals surface area contributed by atoms with E-state index >= 15 is 0 Å². The van der Waals surface area contributed by atoms with Crippen LogP contribution >= 0.6 is 0 Å². The Hall–Kier alpha value is -3.99. The van der Waals surface area contributed by atoms with Crippen molar-refractivity contribution in [1.29, 1.82) is 0 Å². The van der Waals surface area contributed by atoms with E-state index in [0.29, 0.717) is 17.8 Å². The van der Waals surface area contributed by atoms with Gasteiger partial charge < -0.3 is 20.9 Å². The highest BCUT2D eigenvalue weighted by Crippen LogP contribution is 2.43. The minimum atomic E-state index is -0.242. The fraction of sp³-hybridized carbons (Fsp3) is 0.385. The standard InChI is InChI=1S/C39H49FN2O2/c1-2-3-4-5-6-9-28-39(29-10-7-8-11-30-40,31-12-20-35(21-13-31)43-37-24-16-33(41)17-25-37)32-14-22-36(23-15-32)44-38-26-18-34(42)19-27-38/h12-27H,2-11,28-30,41-42H2,1H3. The maximum atomic E-state index is 12.9. The van der Waals surface area contributed by atoms with Crippen LogP contribution in [-0.2, 0) is 5.41 Å². The lowest BCUT2D eigenvalue weighted by Gasteiger charge is -2.36. The molecule has 0 aromatic heterocycles. The number of nitrogens with two attached hydrogens (primary N) is 2. The highest BCUT2D eigenvalue weighted by molar-refractivity contribution is 5.47. The largest absolute Gasteiger partial charge is 0.457 e. The molecule has 0 bridgehead atoms. The second kappa shape index (κ2) is 17.3. The van der Waals surface area contributed by atoms with E-state index in [-0.39, 0.29) is 12.1 Å². The monoisotopic (exact) mass is 596 g/mol. The SMILES string of the molecule is CCCCCCCCC(CCCCCCF)(c1ccc(Oc2ccc(N)cc2)cc1)c1ccc(Oc2ccc(N)cc2)cc1. The number of benzene rings is 4. The van der Waals surface area contributed by atoms with Crippen LogP contribution in [0, 0.1) is 0 Å². The highest BCUT2D eigenvalue weighted by atomic mass is 19.1. The number of anilines is 2. The topological polar surface area (TPSA) is 70.5 Å². The van der Waals surface area contributed by atoms with Crippen LogP contribution in [0.2, 0.25) is 0 Å². The maximum Gasteiger partial charge on any atom is 0.127 e. The quantitative estimate of drug-likeness (QED) is 0.0834. The molecule has 0 saturated carbocycles. The normalized spacial score (nSPS) is 11.4. The van der Waals surface area contributed by atoms with E-state index in [1.54, 1.807) is 0 Å². The van der Waals surface area contributed by atoms with Crippen LogP contribution in [0.3, 0.4) is 0 Å². The molecular formula is C39H49FN2O2. The molecule has 4 nitrogen and oxygen atoms in total. The number of hydrogen-bond acceptors (Lipinski definition) is 4. The van der Waals surface area contributed by atoms with Gasteiger partial charge in [0, 0.05) is 16.8 Å². The number of unbranched alkanes of at least 4 members (excludes halogenated alkanes) is 8. The average molecular weight is 597 g/mol. The van der Waals surface area contributed by atoms with Gasteiger partial charge in [0.25, 0.3) is 0 Å². The summed E-state index contributed by atoms with van der Waals surface area (Å²) in [6, 6.07) is 32.1. The molecule has 0 atom stereocenters. The number of ether oxygens (including phenoxy) is 2. The molecule has 0 saturated heterocycles. The van der Waals surface area contributed by atoms with E-state index in [1.807, 2.05) is 48.5 Å². The minimum Gasteiger partial charge on any atom is -0.457 e. The molecule has 4 rings (SSSR count). The minimum absolute atomic E-state index is 0.167. The summed E-state index contributed by atoms with van der Waals surface area (Å²) in [7, 11) is 0. The first kappa shape index (κ1) is 32.9. The number of rotatable bonds is 19.